The van der Waals surface area contributed by atoms with Gasteiger partial charge in [0.2, 0.25) is 11.8 Å². The first-order valence-corrected chi connectivity index (χ1v) is 8.25. The summed E-state index contributed by atoms with van der Waals surface area (Å²) in [6, 6.07) is 3.86. The summed E-state index contributed by atoms with van der Waals surface area (Å²) < 4.78 is 18.1. The second-order valence-electron chi connectivity index (χ2n) is 6.55. The smallest absolute Gasteiger partial charge is 0.222 e. The highest BCUT2D eigenvalue weighted by atomic mass is 16.7. The molecule has 0 bridgehead atoms. The maximum Gasteiger partial charge on any atom is 0.222 e. The van der Waals surface area contributed by atoms with Crippen LogP contribution in [0.1, 0.15) is 31.4 Å². The van der Waals surface area contributed by atoms with Gasteiger partial charge in [0.1, 0.15) is 0 Å². The molecule has 1 saturated carbocycles. The SMILES string of the molecule is Nc1ncc2c(n1)C1(CCC3(CC1)OCCO3)Oc1ncccc1-2. The predicted octanol–water partition coefficient (Wildman–Crippen LogP) is 2.03. The molecule has 5 rings (SSSR count). The molecule has 2 N–H and O–H groups in total. The number of pyridine rings is 1. The van der Waals surface area contributed by atoms with E-state index in [1.807, 2.05) is 12.1 Å². The van der Waals surface area contributed by atoms with Gasteiger partial charge in [0, 0.05) is 36.4 Å². The minimum atomic E-state index is -0.547. The summed E-state index contributed by atoms with van der Waals surface area (Å²) in [5.41, 5.74) is 8.02. The molecule has 0 aromatic carbocycles. The first kappa shape index (κ1) is 14.1. The van der Waals surface area contributed by atoms with Gasteiger partial charge in [-0.1, -0.05) is 0 Å². The summed E-state index contributed by atoms with van der Waals surface area (Å²) in [4.78, 5) is 13.1. The number of hydrogen-bond donors (Lipinski definition) is 1. The Hall–Kier alpha value is -2.25. The Morgan fingerprint density at radius 2 is 1.79 bits per heavy atom. The highest BCUT2D eigenvalue weighted by Gasteiger charge is 2.52. The minimum absolute atomic E-state index is 0.262. The summed E-state index contributed by atoms with van der Waals surface area (Å²) in [6.07, 6.45) is 6.52. The molecule has 2 aromatic heterocycles. The van der Waals surface area contributed by atoms with E-state index in [0.29, 0.717) is 19.1 Å². The van der Waals surface area contributed by atoms with E-state index in [9.17, 15) is 0 Å². The van der Waals surface area contributed by atoms with E-state index in [4.69, 9.17) is 19.9 Å². The largest absolute Gasteiger partial charge is 0.464 e. The lowest BCUT2D eigenvalue weighted by atomic mass is 9.76. The lowest BCUT2D eigenvalue weighted by molar-refractivity contribution is -0.201. The maximum atomic E-state index is 6.38. The molecule has 1 aliphatic carbocycles. The molecule has 3 aliphatic rings. The summed E-state index contributed by atoms with van der Waals surface area (Å²) in [5.74, 6) is 0.429. The third-order valence-corrected chi connectivity index (χ3v) is 5.23. The number of nitrogens with zero attached hydrogens (tertiary/aromatic N) is 3. The molecule has 0 radical (unpaired) electrons. The number of hydrogen-bond acceptors (Lipinski definition) is 7. The molecule has 124 valence electrons. The van der Waals surface area contributed by atoms with Gasteiger partial charge < -0.3 is 19.9 Å². The lowest BCUT2D eigenvalue weighted by Crippen LogP contribution is -2.47. The second kappa shape index (κ2) is 4.87. The number of aromatic nitrogens is 3. The summed E-state index contributed by atoms with van der Waals surface area (Å²) in [5, 5.41) is 0. The van der Waals surface area contributed by atoms with Crippen molar-refractivity contribution < 1.29 is 14.2 Å². The third-order valence-electron chi connectivity index (χ3n) is 5.23. The molecular weight excluding hydrogens is 308 g/mol. The highest BCUT2D eigenvalue weighted by molar-refractivity contribution is 5.73. The van der Waals surface area contributed by atoms with Crippen LogP contribution < -0.4 is 10.5 Å². The van der Waals surface area contributed by atoms with Crippen molar-refractivity contribution in [2.45, 2.75) is 37.1 Å². The summed E-state index contributed by atoms with van der Waals surface area (Å²) >= 11 is 0. The summed E-state index contributed by atoms with van der Waals surface area (Å²) in [6.45, 7) is 1.31. The van der Waals surface area contributed by atoms with Crippen LogP contribution in [-0.4, -0.2) is 34.0 Å². The number of nitrogens with two attached hydrogens (primary N) is 1. The molecule has 0 amide bonds. The van der Waals surface area contributed by atoms with Gasteiger partial charge in [0.05, 0.1) is 18.9 Å². The van der Waals surface area contributed by atoms with Crippen LogP contribution in [0.4, 0.5) is 5.95 Å². The molecule has 0 unspecified atom stereocenters. The Kier molecular flexibility index (Phi) is 2.87. The first-order chi connectivity index (χ1) is 11.7. The predicted molar refractivity (Wildman–Crippen MR) is 85.1 cm³/mol. The van der Waals surface area contributed by atoms with Gasteiger partial charge in [-0.05, 0) is 25.0 Å². The van der Waals surface area contributed by atoms with Gasteiger partial charge in [-0.3, -0.25) is 0 Å². The number of rotatable bonds is 0. The van der Waals surface area contributed by atoms with Crippen molar-refractivity contribution in [2.75, 3.05) is 18.9 Å². The van der Waals surface area contributed by atoms with Gasteiger partial charge in [-0.15, -0.1) is 0 Å². The zero-order chi connectivity index (χ0) is 16.2. The van der Waals surface area contributed by atoms with Crippen LogP contribution in [0.2, 0.25) is 0 Å². The van der Waals surface area contributed by atoms with Gasteiger partial charge in [-0.2, -0.15) is 0 Å². The quantitative estimate of drug-likeness (QED) is 0.791. The molecule has 2 spiro atoms. The minimum Gasteiger partial charge on any atom is -0.464 e. The molecule has 2 aliphatic heterocycles. The van der Waals surface area contributed by atoms with Gasteiger partial charge >= 0.3 is 0 Å². The van der Waals surface area contributed by atoms with Crippen molar-refractivity contribution in [3.05, 3.63) is 30.2 Å². The van der Waals surface area contributed by atoms with Crippen molar-refractivity contribution in [1.29, 1.82) is 0 Å². The van der Waals surface area contributed by atoms with Gasteiger partial charge in [0.15, 0.2) is 11.4 Å². The number of fused-ring (bicyclic) bond motifs is 4. The van der Waals surface area contributed by atoms with Crippen LogP contribution in [0.15, 0.2) is 24.5 Å². The van der Waals surface area contributed by atoms with E-state index in [-0.39, 0.29) is 5.95 Å². The van der Waals surface area contributed by atoms with Crippen LogP contribution in [0.3, 0.4) is 0 Å². The fraction of sp³-hybridized carbons (Fsp3) is 0.471. The normalized spacial score (nSPS) is 22.8. The summed E-state index contributed by atoms with van der Waals surface area (Å²) in [7, 11) is 0. The monoisotopic (exact) mass is 326 g/mol. The highest BCUT2D eigenvalue weighted by Crippen LogP contribution is 2.52. The lowest BCUT2D eigenvalue weighted by Gasteiger charge is -2.45. The van der Waals surface area contributed by atoms with E-state index < -0.39 is 11.4 Å². The van der Waals surface area contributed by atoms with E-state index in [1.165, 1.54) is 0 Å². The van der Waals surface area contributed by atoms with Crippen LogP contribution in [0, 0.1) is 0 Å². The van der Waals surface area contributed by atoms with Crippen LogP contribution in [0.25, 0.3) is 11.1 Å². The molecule has 0 atom stereocenters. The molecule has 2 fully saturated rings. The standard InChI is InChI=1S/C17H18N4O3/c18-15-20-10-12-11-2-1-7-19-14(11)24-16(13(12)21-15)3-5-17(6-4-16)22-8-9-23-17/h1-2,7,10H,3-6,8-9H2,(H2,18,20,21). The topological polar surface area (TPSA) is 92.4 Å². The number of ether oxygens (including phenoxy) is 3. The Labute approximate surface area is 139 Å². The Balaban J connectivity index is 1.60. The van der Waals surface area contributed by atoms with Crippen molar-refractivity contribution in [3.63, 3.8) is 0 Å². The Morgan fingerprint density at radius 1 is 1.00 bits per heavy atom. The zero-order valence-electron chi connectivity index (χ0n) is 13.2. The molecule has 1 saturated heterocycles. The van der Waals surface area contributed by atoms with E-state index in [2.05, 4.69) is 15.0 Å². The Bertz CT molecular complexity index is 794. The van der Waals surface area contributed by atoms with Gasteiger partial charge in [0.25, 0.3) is 0 Å². The molecule has 2 aromatic rings. The average Bonchev–Trinajstić information content (AvgIpc) is 3.07. The van der Waals surface area contributed by atoms with Crippen molar-refractivity contribution >= 4 is 5.95 Å². The van der Waals surface area contributed by atoms with Crippen LogP contribution >= 0.6 is 0 Å². The van der Waals surface area contributed by atoms with Crippen LogP contribution in [0.5, 0.6) is 5.88 Å². The van der Waals surface area contributed by atoms with Gasteiger partial charge in [-0.25, -0.2) is 15.0 Å². The molecular formula is C17H18N4O3. The fourth-order valence-electron chi connectivity index (χ4n) is 4.01. The molecule has 7 heteroatoms. The first-order valence-electron chi connectivity index (χ1n) is 8.25. The Morgan fingerprint density at radius 3 is 2.58 bits per heavy atom. The van der Waals surface area contributed by atoms with Crippen molar-refractivity contribution in [1.82, 2.24) is 15.0 Å². The molecule has 7 nitrogen and oxygen atoms in total. The van der Waals surface area contributed by atoms with Crippen LogP contribution in [-0.2, 0) is 15.1 Å². The molecule has 24 heavy (non-hydrogen) atoms. The fourth-order valence-corrected chi connectivity index (χ4v) is 4.01. The zero-order valence-corrected chi connectivity index (χ0v) is 13.2. The van der Waals surface area contributed by atoms with Crippen molar-refractivity contribution in [2.24, 2.45) is 0 Å². The second-order valence-corrected chi connectivity index (χ2v) is 6.55. The number of nitrogen functional groups attached to an aromatic ring is 1. The van der Waals surface area contributed by atoms with E-state index >= 15 is 0 Å². The molecule has 4 heterocycles. The third kappa shape index (κ3) is 1.94. The number of anilines is 1. The maximum absolute atomic E-state index is 6.38. The average molecular weight is 326 g/mol. The van der Waals surface area contributed by atoms with E-state index in [1.54, 1.807) is 12.4 Å². The van der Waals surface area contributed by atoms with Crippen molar-refractivity contribution in [3.8, 4) is 17.0 Å². The van der Waals surface area contributed by atoms with E-state index in [0.717, 1.165) is 42.5 Å².